The number of morpholine rings is 1. The summed E-state index contributed by atoms with van der Waals surface area (Å²) < 4.78 is 18.9. The second-order valence-corrected chi connectivity index (χ2v) is 5.28. The average Bonchev–Trinajstić information content (AvgIpc) is 2.33. The van der Waals surface area contributed by atoms with Crippen LogP contribution < -0.4 is 0 Å². The summed E-state index contributed by atoms with van der Waals surface area (Å²) in [7, 11) is 0. The lowest BCUT2D eigenvalue weighted by molar-refractivity contribution is -0.138. The van der Waals surface area contributed by atoms with Crippen LogP contribution in [0.15, 0.2) is 22.7 Å². The van der Waals surface area contributed by atoms with Crippen LogP contribution >= 0.6 is 15.9 Å². The molecular formula is C13H15BrFNO2. The number of ether oxygens (including phenoxy) is 1. The molecule has 0 radical (unpaired) electrons. The van der Waals surface area contributed by atoms with E-state index >= 15 is 0 Å². The van der Waals surface area contributed by atoms with Crippen LogP contribution in [0.4, 0.5) is 4.39 Å². The Morgan fingerprint density at radius 3 is 3.06 bits per heavy atom. The van der Waals surface area contributed by atoms with Gasteiger partial charge in [-0.3, -0.25) is 4.79 Å². The fraction of sp³-hybridized carbons (Fsp3) is 0.462. The number of carbonyl (C=O) groups excluding carboxylic acids is 1. The van der Waals surface area contributed by atoms with Crippen LogP contribution in [0.3, 0.4) is 0 Å². The molecule has 0 spiro atoms. The zero-order valence-electron chi connectivity index (χ0n) is 10.2. The summed E-state index contributed by atoms with van der Waals surface area (Å²) in [5.41, 5.74) is 0.806. The van der Waals surface area contributed by atoms with Crippen LogP contribution in [0.2, 0.25) is 0 Å². The molecule has 2 rings (SSSR count). The molecule has 0 bridgehead atoms. The Kier molecular flexibility index (Phi) is 4.35. The van der Waals surface area contributed by atoms with Gasteiger partial charge in [-0.25, -0.2) is 4.39 Å². The Morgan fingerprint density at radius 2 is 2.39 bits per heavy atom. The van der Waals surface area contributed by atoms with E-state index in [4.69, 9.17) is 4.74 Å². The first-order valence-corrected chi connectivity index (χ1v) is 6.68. The molecule has 1 aliphatic rings. The van der Waals surface area contributed by atoms with Crippen LogP contribution in [0.1, 0.15) is 12.5 Å². The molecule has 1 atom stereocenters. The van der Waals surface area contributed by atoms with E-state index in [0.717, 1.165) is 5.56 Å². The van der Waals surface area contributed by atoms with E-state index in [-0.39, 0.29) is 24.2 Å². The highest BCUT2D eigenvalue weighted by Crippen LogP contribution is 2.20. The van der Waals surface area contributed by atoms with Gasteiger partial charge in [0, 0.05) is 11.0 Å². The minimum atomic E-state index is -0.308. The van der Waals surface area contributed by atoms with E-state index < -0.39 is 0 Å². The molecular weight excluding hydrogens is 301 g/mol. The zero-order valence-corrected chi connectivity index (χ0v) is 11.7. The van der Waals surface area contributed by atoms with Crippen LogP contribution in [0.25, 0.3) is 0 Å². The van der Waals surface area contributed by atoms with Crippen molar-refractivity contribution < 1.29 is 13.9 Å². The molecule has 18 heavy (non-hydrogen) atoms. The second-order valence-electron chi connectivity index (χ2n) is 4.42. The Balaban J connectivity index is 2.06. The monoisotopic (exact) mass is 315 g/mol. The molecule has 1 aromatic rings. The molecule has 3 nitrogen and oxygen atoms in total. The highest BCUT2D eigenvalue weighted by molar-refractivity contribution is 9.10. The topological polar surface area (TPSA) is 29.5 Å². The molecule has 1 aliphatic heterocycles. The van der Waals surface area contributed by atoms with Gasteiger partial charge in [-0.1, -0.05) is 22.0 Å². The number of carbonyl (C=O) groups is 1. The third kappa shape index (κ3) is 3.09. The number of hydrogen-bond donors (Lipinski definition) is 0. The Labute approximate surface area is 114 Å². The first-order valence-electron chi connectivity index (χ1n) is 5.89. The number of amides is 1. The lowest BCUT2D eigenvalue weighted by Crippen LogP contribution is -2.47. The molecule has 0 unspecified atom stereocenters. The van der Waals surface area contributed by atoms with E-state index in [0.29, 0.717) is 24.2 Å². The van der Waals surface area contributed by atoms with Gasteiger partial charge in [-0.15, -0.1) is 0 Å². The van der Waals surface area contributed by atoms with Gasteiger partial charge >= 0.3 is 0 Å². The Hall–Kier alpha value is -0.940. The number of hydrogen-bond acceptors (Lipinski definition) is 2. The molecule has 0 aliphatic carbocycles. The third-order valence-corrected chi connectivity index (χ3v) is 3.78. The standard InChI is InChI=1S/C13H15BrFNO2/c1-9-8-18-5-4-16(9)13(17)6-10-2-3-11(15)7-12(10)14/h2-3,7,9H,4-6,8H2,1H3/t9-/m1/s1. The van der Waals surface area contributed by atoms with Gasteiger partial charge in [0.2, 0.25) is 5.91 Å². The largest absolute Gasteiger partial charge is 0.377 e. The lowest BCUT2D eigenvalue weighted by atomic mass is 10.1. The van der Waals surface area contributed by atoms with Crippen molar-refractivity contribution in [2.45, 2.75) is 19.4 Å². The van der Waals surface area contributed by atoms with Crippen molar-refractivity contribution in [2.24, 2.45) is 0 Å². The molecule has 1 fully saturated rings. The van der Waals surface area contributed by atoms with Gasteiger partial charge in [0.05, 0.1) is 25.7 Å². The second kappa shape index (κ2) is 5.80. The van der Waals surface area contributed by atoms with E-state index in [1.54, 1.807) is 6.07 Å². The number of benzene rings is 1. The molecule has 1 saturated heterocycles. The molecule has 0 aromatic heterocycles. The number of nitrogens with zero attached hydrogens (tertiary/aromatic N) is 1. The lowest BCUT2D eigenvalue weighted by Gasteiger charge is -2.33. The molecule has 1 heterocycles. The summed E-state index contributed by atoms with van der Waals surface area (Å²) in [6.45, 7) is 3.76. The fourth-order valence-electron chi connectivity index (χ4n) is 2.03. The predicted octanol–water partition coefficient (Wildman–Crippen LogP) is 2.38. The van der Waals surface area contributed by atoms with E-state index in [2.05, 4.69) is 15.9 Å². The highest BCUT2D eigenvalue weighted by atomic mass is 79.9. The molecule has 98 valence electrons. The summed E-state index contributed by atoms with van der Waals surface area (Å²) in [6, 6.07) is 4.50. The molecule has 0 N–H and O–H groups in total. The summed E-state index contributed by atoms with van der Waals surface area (Å²) in [5.74, 6) is -0.254. The van der Waals surface area contributed by atoms with Crippen LogP contribution in [0, 0.1) is 5.82 Å². The van der Waals surface area contributed by atoms with Crippen molar-refractivity contribution in [1.82, 2.24) is 4.90 Å². The Morgan fingerprint density at radius 1 is 1.61 bits per heavy atom. The van der Waals surface area contributed by atoms with Crippen molar-refractivity contribution in [3.63, 3.8) is 0 Å². The van der Waals surface area contributed by atoms with Crippen molar-refractivity contribution in [1.29, 1.82) is 0 Å². The minimum absolute atomic E-state index is 0.0538. The zero-order chi connectivity index (χ0) is 13.1. The van der Waals surface area contributed by atoms with Crippen molar-refractivity contribution in [2.75, 3.05) is 19.8 Å². The van der Waals surface area contributed by atoms with Crippen molar-refractivity contribution in [3.8, 4) is 0 Å². The van der Waals surface area contributed by atoms with Crippen LogP contribution in [-0.4, -0.2) is 36.6 Å². The third-order valence-electron chi connectivity index (χ3n) is 3.04. The summed E-state index contributed by atoms with van der Waals surface area (Å²) in [4.78, 5) is 14.0. The van der Waals surface area contributed by atoms with Gasteiger partial charge in [-0.05, 0) is 24.6 Å². The van der Waals surface area contributed by atoms with Gasteiger partial charge < -0.3 is 9.64 Å². The SMILES string of the molecule is C[C@@H]1COCCN1C(=O)Cc1ccc(F)cc1Br. The fourth-order valence-corrected chi connectivity index (χ4v) is 2.52. The van der Waals surface area contributed by atoms with E-state index in [1.807, 2.05) is 11.8 Å². The number of rotatable bonds is 2. The quantitative estimate of drug-likeness (QED) is 0.838. The van der Waals surface area contributed by atoms with Gasteiger partial charge in [0.15, 0.2) is 0 Å². The van der Waals surface area contributed by atoms with Crippen LogP contribution in [-0.2, 0) is 16.0 Å². The first kappa shape index (κ1) is 13.5. The van der Waals surface area contributed by atoms with Crippen molar-refractivity contribution in [3.05, 3.63) is 34.1 Å². The summed E-state index contributed by atoms with van der Waals surface area (Å²) in [5, 5.41) is 0. The van der Waals surface area contributed by atoms with Crippen molar-refractivity contribution >= 4 is 21.8 Å². The van der Waals surface area contributed by atoms with E-state index in [1.165, 1.54) is 12.1 Å². The molecule has 1 aromatic carbocycles. The first-order chi connectivity index (χ1) is 8.58. The molecule has 5 heteroatoms. The predicted molar refractivity (Wildman–Crippen MR) is 69.8 cm³/mol. The van der Waals surface area contributed by atoms with Crippen LogP contribution in [0.5, 0.6) is 0 Å². The van der Waals surface area contributed by atoms with Gasteiger partial charge in [-0.2, -0.15) is 0 Å². The minimum Gasteiger partial charge on any atom is -0.377 e. The maximum atomic E-state index is 13.0. The average molecular weight is 316 g/mol. The smallest absolute Gasteiger partial charge is 0.227 e. The summed E-state index contributed by atoms with van der Waals surface area (Å²) in [6.07, 6.45) is 0.283. The molecule has 1 amide bonds. The maximum absolute atomic E-state index is 13.0. The summed E-state index contributed by atoms with van der Waals surface area (Å²) >= 11 is 3.28. The van der Waals surface area contributed by atoms with Gasteiger partial charge in [0.25, 0.3) is 0 Å². The normalized spacial score (nSPS) is 19.9. The molecule has 0 saturated carbocycles. The number of halogens is 2. The van der Waals surface area contributed by atoms with E-state index in [9.17, 15) is 9.18 Å². The Bertz CT molecular complexity index is 453. The highest BCUT2D eigenvalue weighted by Gasteiger charge is 2.24. The van der Waals surface area contributed by atoms with Gasteiger partial charge in [0.1, 0.15) is 5.82 Å². The maximum Gasteiger partial charge on any atom is 0.227 e.